The number of carbonyl (C=O) groups is 2. The largest absolute Gasteiger partial charge is 0.493 e. The van der Waals surface area contributed by atoms with Crippen molar-refractivity contribution in [3.63, 3.8) is 0 Å². The van der Waals surface area contributed by atoms with E-state index in [-0.39, 0.29) is 18.1 Å². The highest BCUT2D eigenvalue weighted by atomic mass is 32.2. The van der Waals surface area contributed by atoms with E-state index in [1.54, 1.807) is 18.2 Å². The number of likely N-dealkylation sites (N-methyl/N-ethyl adjacent to an activating group) is 1. The molecule has 1 aromatic rings. The first-order chi connectivity index (χ1) is 11.8. The Morgan fingerprint density at radius 1 is 1.24 bits per heavy atom. The SMILES string of the molecule is COc1ccc(CNC(=O)C(=O)N(C)C2CCS(=O)(=O)C2)cc1OC. The molecule has 0 aromatic heterocycles. The number of nitrogens with zero attached hydrogens (tertiary/aromatic N) is 1. The number of ether oxygens (including phenoxy) is 2. The van der Waals surface area contributed by atoms with E-state index in [0.29, 0.717) is 17.9 Å². The van der Waals surface area contributed by atoms with Crippen molar-refractivity contribution in [2.24, 2.45) is 0 Å². The Morgan fingerprint density at radius 3 is 2.48 bits per heavy atom. The summed E-state index contributed by atoms with van der Waals surface area (Å²) >= 11 is 0. The summed E-state index contributed by atoms with van der Waals surface area (Å²) in [7, 11) is 1.36. The Morgan fingerprint density at radius 2 is 1.92 bits per heavy atom. The third-order valence-electron chi connectivity index (χ3n) is 4.17. The van der Waals surface area contributed by atoms with E-state index in [2.05, 4.69) is 5.32 Å². The van der Waals surface area contributed by atoms with Crippen molar-refractivity contribution in [2.75, 3.05) is 32.8 Å². The van der Waals surface area contributed by atoms with E-state index < -0.39 is 27.7 Å². The Balaban J connectivity index is 1.94. The molecule has 25 heavy (non-hydrogen) atoms. The van der Waals surface area contributed by atoms with Crippen LogP contribution in [0.3, 0.4) is 0 Å². The normalized spacial score (nSPS) is 18.4. The van der Waals surface area contributed by atoms with Gasteiger partial charge >= 0.3 is 11.8 Å². The van der Waals surface area contributed by atoms with E-state index >= 15 is 0 Å². The van der Waals surface area contributed by atoms with Gasteiger partial charge in [0.2, 0.25) is 0 Å². The molecular formula is C16H22N2O6S. The van der Waals surface area contributed by atoms with Crippen molar-refractivity contribution in [1.82, 2.24) is 10.2 Å². The number of nitrogens with one attached hydrogen (secondary N) is 1. The van der Waals surface area contributed by atoms with Gasteiger partial charge in [0.15, 0.2) is 21.3 Å². The van der Waals surface area contributed by atoms with E-state index in [0.717, 1.165) is 5.56 Å². The first-order valence-corrected chi connectivity index (χ1v) is 9.56. The topological polar surface area (TPSA) is 102 Å². The van der Waals surface area contributed by atoms with Crippen LogP contribution >= 0.6 is 0 Å². The summed E-state index contributed by atoms with van der Waals surface area (Å²) in [5, 5.41) is 2.54. The summed E-state index contributed by atoms with van der Waals surface area (Å²) in [6.07, 6.45) is 0.355. The van der Waals surface area contributed by atoms with E-state index in [4.69, 9.17) is 9.47 Å². The van der Waals surface area contributed by atoms with Gasteiger partial charge in [0.05, 0.1) is 25.7 Å². The van der Waals surface area contributed by atoms with Crippen LogP contribution in [0.4, 0.5) is 0 Å². The Kier molecular flexibility index (Phi) is 5.89. The number of methoxy groups -OCH3 is 2. The van der Waals surface area contributed by atoms with Gasteiger partial charge in [-0.2, -0.15) is 0 Å². The molecule has 1 fully saturated rings. The molecule has 1 aliphatic heterocycles. The smallest absolute Gasteiger partial charge is 0.311 e. The maximum absolute atomic E-state index is 12.2. The summed E-state index contributed by atoms with van der Waals surface area (Å²) in [4.78, 5) is 25.4. The third kappa shape index (κ3) is 4.62. The van der Waals surface area contributed by atoms with E-state index in [1.165, 1.54) is 26.2 Å². The molecule has 1 heterocycles. The first kappa shape index (κ1) is 19.0. The van der Waals surface area contributed by atoms with E-state index in [1.807, 2.05) is 0 Å². The van der Waals surface area contributed by atoms with Crippen LogP contribution in [0.15, 0.2) is 18.2 Å². The molecule has 0 aliphatic carbocycles. The van der Waals surface area contributed by atoms with E-state index in [9.17, 15) is 18.0 Å². The second-order valence-corrected chi connectivity index (χ2v) is 8.07. The zero-order valence-electron chi connectivity index (χ0n) is 14.4. The second-order valence-electron chi connectivity index (χ2n) is 5.84. The maximum Gasteiger partial charge on any atom is 0.311 e. The van der Waals surface area contributed by atoms with Gasteiger partial charge in [0, 0.05) is 19.6 Å². The molecule has 1 saturated heterocycles. The highest BCUT2D eigenvalue weighted by Crippen LogP contribution is 2.27. The van der Waals surface area contributed by atoms with Crippen molar-refractivity contribution in [3.8, 4) is 11.5 Å². The monoisotopic (exact) mass is 370 g/mol. The molecule has 1 aromatic carbocycles. The molecule has 0 saturated carbocycles. The average molecular weight is 370 g/mol. The molecule has 0 spiro atoms. The zero-order valence-corrected chi connectivity index (χ0v) is 15.3. The fourth-order valence-electron chi connectivity index (χ4n) is 2.66. The lowest BCUT2D eigenvalue weighted by molar-refractivity contribution is -0.146. The van der Waals surface area contributed by atoms with Gasteiger partial charge in [-0.05, 0) is 24.1 Å². The minimum absolute atomic E-state index is 0.0442. The van der Waals surface area contributed by atoms with Crippen molar-refractivity contribution >= 4 is 21.7 Å². The zero-order chi connectivity index (χ0) is 18.6. The van der Waals surface area contributed by atoms with Gasteiger partial charge in [-0.3, -0.25) is 9.59 Å². The summed E-state index contributed by atoms with van der Waals surface area (Å²) in [6.45, 7) is 0.141. The van der Waals surface area contributed by atoms with Gasteiger partial charge in [0.25, 0.3) is 0 Å². The molecule has 0 bridgehead atoms. The molecule has 1 N–H and O–H groups in total. The number of benzene rings is 1. The molecule has 1 unspecified atom stereocenters. The minimum atomic E-state index is -3.12. The predicted octanol–water partition coefficient (Wildman–Crippen LogP) is -0.0345. The second kappa shape index (κ2) is 7.73. The van der Waals surface area contributed by atoms with Crippen molar-refractivity contribution in [3.05, 3.63) is 23.8 Å². The van der Waals surface area contributed by atoms with Crippen LogP contribution in [-0.4, -0.2) is 63.9 Å². The van der Waals surface area contributed by atoms with Crippen LogP contribution in [0.2, 0.25) is 0 Å². The number of carbonyl (C=O) groups excluding carboxylic acids is 2. The molecule has 8 nitrogen and oxygen atoms in total. The number of hydrogen-bond donors (Lipinski definition) is 1. The molecular weight excluding hydrogens is 348 g/mol. The van der Waals surface area contributed by atoms with Gasteiger partial charge in [-0.15, -0.1) is 0 Å². The fourth-order valence-corrected chi connectivity index (χ4v) is 4.43. The van der Waals surface area contributed by atoms with Crippen molar-refractivity contribution in [2.45, 2.75) is 19.0 Å². The summed E-state index contributed by atoms with van der Waals surface area (Å²) in [6, 6.07) is 4.71. The lowest BCUT2D eigenvalue weighted by atomic mass is 10.2. The fraction of sp³-hybridized carbons (Fsp3) is 0.500. The third-order valence-corrected chi connectivity index (χ3v) is 5.92. The molecule has 2 amide bonds. The quantitative estimate of drug-likeness (QED) is 0.730. The Labute approximate surface area is 147 Å². The highest BCUT2D eigenvalue weighted by molar-refractivity contribution is 7.91. The van der Waals surface area contributed by atoms with Crippen LogP contribution in [0.1, 0.15) is 12.0 Å². The highest BCUT2D eigenvalue weighted by Gasteiger charge is 2.34. The molecule has 138 valence electrons. The molecule has 0 radical (unpaired) electrons. The maximum atomic E-state index is 12.2. The van der Waals surface area contributed by atoms with Crippen LogP contribution in [-0.2, 0) is 26.0 Å². The van der Waals surface area contributed by atoms with Gasteiger partial charge in [0.1, 0.15) is 0 Å². The summed E-state index contributed by atoms with van der Waals surface area (Å²) in [5.41, 5.74) is 0.741. The summed E-state index contributed by atoms with van der Waals surface area (Å²) in [5.74, 6) is -0.491. The lowest BCUT2D eigenvalue weighted by Gasteiger charge is -2.22. The molecule has 1 atom stereocenters. The van der Waals surface area contributed by atoms with Crippen molar-refractivity contribution in [1.29, 1.82) is 0 Å². The number of sulfone groups is 1. The van der Waals surface area contributed by atoms with Crippen LogP contribution in [0.25, 0.3) is 0 Å². The number of hydrogen-bond acceptors (Lipinski definition) is 6. The van der Waals surface area contributed by atoms with Gasteiger partial charge in [-0.1, -0.05) is 6.07 Å². The summed E-state index contributed by atoms with van der Waals surface area (Å²) < 4.78 is 33.3. The Hall–Kier alpha value is -2.29. The molecule has 2 rings (SSSR count). The number of amides is 2. The van der Waals surface area contributed by atoms with Gasteiger partial charge in [-0.25, -0.2) is 8.42 Å². The minimum Gasteiger partial charge on any atom is -0.493 e. The standard InChI is InChI=1S/C16H22N2O6S/c1-18(12-6-7-25(21,22)10-12)16(20)15(19)17-9-11-4-5-13(23-2)14(8-11)24-3/h4-5,8,12H,6-7,9-10H2,1-3H3,(H,17,19). The Bertz CT molecular complexity index is 762. The molecule has 9 heteroatoms. The lowest BCUT2D eigenvalue weighted by Crippen LogP contribution is -2.46. The van der Waals surface area contributed by atoms with Crippen LogP contribution in [0.5, 0.6) is 11.5 Å². The van der Waals surface area contributed by atoms with Gasteiger partial charge < -0.3 is 19.7 Å². The van der Waals surface area contributed by atoms with Crippen LogP contribution < -0.4 is 14.8 Å². The molecule has 1 aliphatic rings. The average Bonchev–Trinajstić information content (AvgIpc) is 2.97. The van der Waals surface area contributed by atoms with Crippen molar-refractivity contribution < 1.29 is 27.5 Å². The first-order valence-electron chi connectivity index (χ1n) is 7.73. The number of rotatable bonds is 5. The van der Waals surface area contributed by atoms with Crippen LogP contribution in [0, 0.1) is 0 Å². The predicted molar refractivity (Wildman–Crippen MR) is 91.2 cm³/mol.